The Morgan fingerprint density at radius 1 is 1.20 bits per heavy atom. The lowest BCUT2D eigenvalue weighted by Gasteiger charge is -2.14. The first-order chi connectivity index (χ1) is 9.60. The van der Waals surface area contributed by atoms with Crippen LogP contribution in [0.3, 0.4) is 0 Å². The van der Waals surface area contributed by atoms with Gasteiger partial charge in [-0.2, -0.15) is 0 Å². The maximum atomic E-state index is 12.1. The third-order valence-electron chi connectivity index (χ3n) is 3.14. The van der Waals surface area contributed by atoms with Gasteiger partial charge in [-0.05, 0) is 49.9 Å². The van der Waals surface area contributed by atoms with Crippen LogP contribution >= 0.6 is 11.8 Å². The molecule has 1 heterocycles. The SMILES string of the molecule is CSc1ccc(C(C)NC(=O)c2ccc(C)nc2)cc1. The van der Waals surface area contributed by atoms with Crippen molar-refractivity contribution in [3.8, 4) is 0 Å². The number of hydrogen-bond donors (Lipinski definition) is 1. The van der Waals surface area contributed by atoms with Crippen molar-refractivity contribution in [3.63, 3.8) is 0 Å². The van der Waals surface area contributed by atoms with Crippen molar-refractivity contribution in [2.75, 3.05) is 6.26 Å². The van der Waals surface area contributed by atoms with Crippen molar-refractivity contribution in [3.05, 3.63) is 59.4 Å². The molecule has 0 saturated heterocycles. The zero-order valence-electron chi connectivity index (χ0n) is 11.9. The molecule has 1 unspecified atom stereocenters. The molecule has 0 radical (unpaired) electrons. The van der Waals surface area contributed by atoms with Crippen LogP contribution in [0.1, 0.15) is 34.6 Å². The van der Waals surface area contributed by atoms with Crippen molar-refractivity contribution in [1.29, 1.82) is 0 Å². The molecule has 1 atom stereocenters. The Hall–Kier alpha value is -1.81. The van der Waals surface area contributed by atoms with E-state index in [2.05, 4.69) is 22.4 Å². The first-order valence-electron chi connectivity index (χ1n) is 6.47. The molecule has 20 heavy (non-hydrogen) atoms. The molecular weight excluding hydrogens is 268 g/mol. The van der Waals surface area contributed by atoms with Crippen LogP contribution in [0.5, 0.6) is 0 Å². The average molecular weight is 286 g/mol. The van der Waals surface area contributed by atoms with Crippen LogP contribution in [-0.2, 0) is 0 Å². The highest BCUT2D eigenvalue weighted by molar-refractivity contribution is 7.98. The number of thioether (sulfide) groups is 1. The Bertz CT molecular complexity index is 578. The molecule has 104 valence electrons. The molecule has 0 aliphatic carbocycles. The maximum Gasteiger partial charge on any atom is 0.253 e. The van der Waals surface area contributed by atoms with E-state index in [4.69, 9.17) is 0 Å². The summed E-state index contributed by atoms with van der Waals surface area (Å²) in [7, 11) is 0. The Labute approximate surface area is 123 Å². The fourth-order valence-corrected chi connectivity index (χ4v) is 2.27. The summed E-state index contributed by atoms with van der Waals surface area (Å²) in [5, 5.41) is 2.98. The van der Waals surface area contributed by atoms with E-state index < -0.39 is 0 Å². The summed E-state index contributed by atoms with van der Waals surface area (Å²) in [6, 6.07) is 11.8. The maximum absolute atomic E-state index is 12.1. The molecular formula is C16H18N2OS. The standard InChI is InChI=1S/C16H18N2OS/c1-11-4-5-14(10-17-11)16(19)18-12(2)13-6-8-15(20-3)9-7-13/h4-10,12H,1-3H3,(H,18,19). The Morgan fingerprint density at radius 2 is 1.90 bits per heavy atom. The van der Waals surface area contributed by atoms with Gasteiger partial charge in [-0.3, -0.25) is 9.78 Å². The summed E-state index contributed by atoms with van der Waals surface area (Å²) >= 11 is 1.71. The molecule has 2 rings (SSSR count). The fourth-order valence-electron chi connectivity index (χ4n) is 1.86. The van der Waals surface area contributed by atoms with Gasteiger partial charge >= 0.3 is 0 Å². The number of aromatic nitrogens is 1. The predicted molar refractivity (Wildman–Crippen MR) is 83.1 cm³/mol. The quantitative estimate of drug-likeness (QED) is 0.873. The molecule has 0 bridgehead atoms. The lowest BCUT2D eigenvalue weighted by Crippen LogP contribution is -2.26. The van der Waals surface area contributed by atoms with Gasteiger partial charge in [0.2, 0.25) is 0 Å². The van der Waals surface area contributed by atoms with E-state index in [9.17, 15) is 4.79 Å². The van der Waals surface area contributed by atoms with Gasteiger partial charge in [-0.15, -0.1) is 11.8 Å². The van der Waals surface area contributed by atoms with E-state index in [0.717, 1.165) is 11.3 Å². The van der Waals surface area contributed by atoms with Crippen molar-refractivity contribution in [2.45, 2.75) is 24.8 Å². The molecule has 0 aliphatic rings. The van der Waals surface area contributed by atoms with Gasteiger partial charge in [0.15, 0.2) is 0 Å². The minimum atomic E-state index is -0.0982. The Balaban J connectivity index is 2.04. The first kappa shape index (κ1) is 14.6. The van der Waals surface area contributed by atoms with Gasteiger partial charge in [0, 0.05) is 16.8 Å². The average Bonchev–Trinajstić information content (AvgIpc) is 2.48. The van der Waals surface area contributed by atoms with Gasteiger partial charge in [0.05, 0.1) is 11.6 Å². The van der Waals surface area contributed by atoms with Crippen molar-refractivity contribution in [1.82, 2.24) is 10.3 Å². The Kier molecular flexibility index (Phi) is 4.79. The lowest BCUT2D eigenvalue weighted by atomic mass is 10.1. The number of carbonyl (C=O) groups is 1. The summed E-state index contributed by atoms with van der Waals surface area (Å²) in [6.45, 7) is 3.88. The van der Waals surface area contributed by atoms with Gasteiger partial charge < -0.3 is 5.32 Å². The van der Waals surface area contributed by atoms with Crippen LogP contribution in [-0.4, -0.2) is 17.1 Å². The number of benzene rings is 1. The number of carbonyl (C=O) groups excluding carboxylic acids is 1. The zero-order chi connectivity index (χ0) is 14.5. The second kappa shape index (κ2) is 6.57. The third-order valence-corrected chi connectivity index (χ3v) is 3.88. The third kappa shape index (κ3) is 3.61. The molecule has 1 amide bonds. The number of rotatable bonds is 4. The largest absolute Gasteiger partial charge is 0.345 e. The van der Waals surface area contributed by atoms with Crippen LogP contribution in [0.2, 0.25) is 0 Å². The Morgan fingerprint density at radius 3 is 2.45 bits per heavy atom. The second-order valence-electron chi connectivity index (χ2n) is 4.66. The summed E-state index contributed by atoms with van der Waals surface area (Å²) in [5.74, 6) is -0.0982. The van der Waals surface area contributed by atoms with Gasteiger partial charge in [-0.1, -0.05) is 12.1 Å². The molecule has 1 aromatic carbocycles. The van der Waals surface area contributed by atoms with E-state index in [1.807, 2.05) is 38.3 Å². The minimum Gasteiger partial charge on any atom is -0.345 e. The first-order valence-corrected chi connectivity index (χ1v) is 7.70. The van der Waals surface area contributed by atoms with Crippen molar-refractivity contribution < 1.29 is 4.79 Å². The molecule has 2 aromatic rings. The zero-order valence-corrected chi connectivity index (χ0v) is 12.7. The van der Waals surface area contributed by atoms with E-state index in [1.54, 1.807) is 24.0 Å². The van der Waals surface area contributed by atoms with Crippen LogP contribution < -0.4 is 5.32 Å². The lowest BCUT2D eigenvalue weighted by molar-refractivity contribution is 0.0939. The molecule has 1 aromatic heterocycles. The smallest absolute Gasteiger partial charge is 0.253 e. The van der Waals surface area contributed by atoms with E-state index in [1.165, 1.54) is 4.90 Å². The van der Waals surface area contributed by atoms with Gasteiger partial charge in [0.1, 0.15) is 0 Å². The highest BCUT2D eigenvalue weighted by Gasteiger charge is 2.11. The fraction of sp³-hybridized carbons (Fsp3) is 0.250. The van der Waals surface area contributed by atoms with Crippen molar-refractivity contribution in [2.24, 2.45) is 0 Å². The number of pyridine rings is 1. The topological polar surface area (TPSA) is 42.0 Å². The molecule has 3 nitrogen and oxygen atoms in total. The predicted octanol–water partition coefficient (Wildman–Crippen LogP) is 3.60. The van der Waals surface area contributed by atoms with Gasteiger partial charge in [0.25, 0.3) is 5.91 Å². The highest BCUT2D eigenvalue weighted by atomic mass is 32.2. The molecule has 1 N–H and O–H groups in total. The number of aryl methyl sites for hydroxylation is 1. The van der Waals surface area contributed by atoms with Crippen LogP contribution in [0.25, 0.3) is 0 Å². The summed E-state index contributed by atoms with van der Waals surface area (Å²) in [5.41, 5.74) is 2.58. The van der Waals surface area contributed by atoms with Crippen molar-refractivity contribution >= 4 is 17.7 Å². The summed E-state index contributed by atoms with van der Waals surface area (Å²) < 4.78 is 0. The van der Waals surface area contributed by atoms with Crippen LogP contribution in [0.15, 0.2) is 47.5 Å². The van der Waals surface area contributed by atoms with Crippen LogP contribution in [0.4, 0.5) is 0 Å². The van der Waals surface area contributed by atoms with Gasteiger partial charge in [-0.25, -0.2) is 0 Å². The molecule has 0 fully saturated rings. The second-order valence-corrected chi connectivity index (χ2v) is 5.54. The summed E-state index contributed by atoms with van der Waals surface area (Å²) in [6.07, 6.45) is 3.65. The number of amides is 1. The minimum absolute atomic E-state index is 0.0280. The molecule has 0 saturated carbocycles. The number of nitrogens with one attached hydrogen (secondary N) is 1. The highest BCUT2D eigenvalue weighted by Crippen LogP contribution is 2.19. The number of nitrogens with zero attached hydrogens (tertiary/aromatic N) is 1. The van der Waals surface area contributed by atoms with E-state index >= 15 is 0 Å². The summed E-state index contributed by atoms with van der Waals surface area (Å²) in [4.78, 5) is 17.5. The number of hydrogen-bond acceptors (Lipinski definition) is 3. The normalized spacial score (nSPS) is 11.9. The van der Waals surface area contributed by atoms with E-state index in [0.29, 0.717) is 5.56 Å². The van der Waals surface area contributed by atoms with E-state index in [-0.39, 0.29) is 11.9 Å². The van der Waals surface area contributed by atoms with Crippen LogP contribution in [0, 0.1) is 6.92 Å². The monoisotopic (exact) mass is 286 g/mol. The molecule has 0 aliphatic heterocycles. The molecule has 4 heteroatoms. The molecule has 0 spiro atoms.